The first-order chi connectivity index (χ1) is 9.94. The van der Waals surface area contributed by atoms with E-state index >= 15 is 0 Å². The molecule has 0 fully saturated rings. The van der Waals surface area contributed by atoms with Gasteiger partial charge in [0.15, 0.2) is 0 Å². The second-order valence-electron chi connectivity index (χ2n) is 5.19. The predicted molar refractivity (Wildman–Crippen MR) is 81.0 cm³/mol. The normalized spacial score (nSPS) is 12.3. The number of aryl methyl sites for hydroxylation is 2. The maximum absolute atomic E-state index is 12.3. The fourth-order valence-corrected chi connectivity index (χ4v) is 2.35. The number of anilines is 1. The second kappa shape index (κ2) is 6.57. The highest BCUT2D eigenvalue weighted by atomic mass is 19.3. The number of ether oxygens (including phenoxy) is 1. The fourth-order valence-electron chi connectivity index (χ4n) is 2.35. The Morgan fingerprint density at radius 2 is 1.67 bits per heavy atom. The van der Waals surface area contributed by atoms with Crippen molar-refractivity contribution in [2.75, 3.05) is 5.32 Å². The molecule has 2 rings (SSSR count). The van der Waals surface area contributed by atoms with Crippen LogP contribution in [0.3, 0.4) is 0 Å². The van der Waals surface area contributed by atoms with Crippen molar-refractivity contribution >= 4 is 5.69 Å². The molecule has 0 aliphatic rings. The van der Waals surface area contributed by atoms with Crippen molar-refractivity contribution in [1.29, 1.82) is 0 Å². The van der Waals surface area contributed by atoms with Crippen LogP contribution in [0, 0.1) is 13.8 Å². The average molecular weight is 291 g/mol. The zero-order valence-electron chi connectivity index (χ0n) is 12.4. The van der Waals surface area contributed by atoms with E-state index in [4.69, 9.17) is 0 Å². The van der Waals surface area contributed by atoms with Gasteiger partial charge in [-0.25, -0.2) is 0 Å². The maximum Gasteiger partial charge on any atom is 0.387 e. The van der Waals surface area contributed by atoms with Gasteiger partial charge in [-0.05, 0) is 61.7 Å². The van der Waals surface area contributed by atoms with Crippen LogP contribution >= 0.6 is 0 Å². The molecule has 21 heavy (non-hydrogen) atoms. The van der Waals surface area contributed by atoms with Gasteiger partial charge in [0, 0.05) is 11.7 Å². The first kappa shape index (κ1) is 15.3. The molecule has 0 spiro atoms. The second-order valence-corrected chi connectivity index (χ2v) is 5.19. The highest BCUT2D eigenvalue weighted by Crippen LogP contribution is 2.24. The van der Waals surface area contributed by atoms with Gasteiger partial charge in [-0.2, -0.15) is 8.78 Å². The first-order valence-electron chi connectivity index (χ1n) is 6.83. The molecule has 0 radical (unpaired) electrons. The van der Waals surface area contributed by atoms with Crippen LogP contribution in [-0.4, -0.2) is 6.61 Å². The van der Waals surface area contributed by atoms with Gasteiger partial charge in [-0.3, -0.25) is 0 Å². The topological polar surface area (TPSA) is 21.3 Å². The zero-order valence-corrected chi connectivity index (χ0v) is 12.4. The van der Waals surface area contributed by atoms with Crippen LogP contribution in [0.4, 0.5) is 14.5 Å². The summed E-state index contributed by atoms with van der Waals surface area (Å²) in [5, 5.41) is 3.38. The van der Waals surface area contributed by atoms with Gasteiger partial charge >= 0.3 is 6.61 Å². The van der Waals surface area contributed by atoms with E-state index in [9.17, 15) is 8.78 Å². The van der Waals surface area contributed by atoms with Crippen molar-refractivity contribution in [3.05, 3.63) is 59.2 Å². The number of rotatable bonds is 5. The summed E-state index contributed by atoms with van der Waals surface area (Å²) < 4.78 is 28.9. The Kier molecular flexibility index (Phi) is 4.78. The minimum atomic E-state index is -2.80. The quantitative estimate of drug-likeness (QED) is 0.829. The van der Waals surface area contributed by atoms with Gasteiger partial charge < -0.3 is 10.1 Å². The van der Waals surface area contributed by atoms with Crippen molar-refractivity contribution in [3.63, 3.8) is 0 Å². The van der Waals surface area contributed by atoms with Crippen molar-refractivity contribution in [3.8, 4) is 5.75 Å². The highest BCUT2D eigenvalue weighted by Gasteiger charge is 2.09. The lowest BCUT2D eigenvalue weighted by atomic mass is 10.1. The lowest BCUT2D eigenvalue weighted by Gasteiger charge is -2.17. The van der Waals surface area contributed by atoms with Crippen LogP contribution in [-0.2, 0) is 0 Å². The van der Waals surface area contributed by atoms with Crippen molar-refractivity contribution in [1.82, 2.24) is 0 Å². The van der Waals surface area contributed by atoms with Crippen LogP contribution in [0.25, 0.3) is 0 Å². The smallest absolute Gasteiger partial charge is 0.387 e. The summed E-state index contributed by atoms with van der Waals surface area (Å²) in [6, 6.07) is 13.0. The van der Waals surface area contributed by atoms with Crippen LogP contribution in [0.15, 0.2) is 42.5 Å². The lowest BCUT2D eigenvalue weighted by molar-refractivity contribution is -0.0498. The van der Waals surface area contributed by atoms with E-state index < -0.39 is 6.61 Å². The largest absolute Gasteiger partial charge is 0.435 e. The lowest BCUT2D eigenvalue weighted by Crippen LogP contribution is -2.08. The Bertz CT molecular complexity index is 593. The number of benzene rings is 2. The van der Waals surface area contributed by atoms with Gasteiger partial charge in [0.1, 0.15) is 5.75 Å². The van der Waals surface area contributed by atoms with E-state index in [-0.39, 0.29) is 11.8 Å². The van der Waals surface area contributed by atoms with Crippen LogP contribution in [0.2, 0.25) is 0 Å². The number of hydrogen-bond donors (Lipinski definition) is 1. The van der Waals surface area contributed by atoms with Crippen LogP contribution in [0.5, 0.6) is 5.75 Å². The summed E-state index contributed by atoms with van der Waals surface area (Å²) in [6.07, 6.45) is 0. The minimum absolute atomic E-state index is 0.00702. The van der Waals surface area contributed by atoms with E-state index in [1.165, 1.54) is 17.2 Å². The Morgan fingerprint density at radius 1 is 1.00 bits per heavy atom. The molecule has 1 unspecified atom stereocenters. The molecular formula is C17H19F2NO. The van der Waals surface area contributed by atoms with Gasteiger partial charge in [-0.15, -0.1) is 0 Å². The van der Waals surface area contributed by atoms with Gasteiger partial charge in [-0.1, -0.05) is 18.2 Å². The molecule has 0 aromatic heterocycles. The van der Waals surface area contributed by atoms with E-state index in [2.05, 4.69) is 28.3 Å². The Morgan fingerprint density at radius 3 is 2.29 bits per heavy atom. The molecule has 2 aromatic carbocycles. The summed E-state index contributed by atoms with van der Waals surface area (Å²) in [6.45, 7) is 3.27. The SMILES string of the molecule is Cc1cc(C)cc(NC(C)c2cccc(OC(F)F)c2)c1. The molecule has 4 heteroatoms. The molecule has 0 aliphatic heterocycles. The maximum atomic E-state index is 12.3. The molecule has 0 aliphatic carbocycles. The molecule has 1 atom stereocenters. The highest BCUT2D eigenvalue weighted by molar-refractivity contribution is 5.50. The standard InChI is InChI=1S/C17H19F2NO/c1-11-7-12(2)9-15(8-11)20-13(3)14-5-4-6-16(10-14)21-17(18)19/h4-10,13,17,20H,1-3H3. The van der Waals surface area contributed by atoms with E-state index in [1.54, 1.807) is 12.1 Å². The monoisotopic (exact) mass is 291 g/mol. The van der Waals surface area contributed by atoms with E-state index in [1.807, 2.05) is 26.8 Å². The summed E-state index contributed by atoms with van der Waals surface area (Å²) in [7, 11) is 0. The van der Waals surface area contributed by atoms with Crippen molar-refractivity contribution in [2.24, 2.45) is 0 Å². The van der Waals surface area contributed by atoms with Gasteiger partial charge in [0.25, 0.3) is 0 Å². The average Bonchev–Trinajstić information content (AvgIpc) is 2.36. The fraction of sp³-hybridized carbons (Fsp3) is 0.294. The molecule has 2 nitrogen and oxygen atoms in total. The van der Waals surface area contributed by atoms with E-state index in [0.29, 0.717) is 0 Å². The van der Waals surface area contributed by atoms with Gasteiger partial charge in [0.05, 0.1) is 0 Å². The molecule has 0 bridgehead atoms. The van der Waals surface area contributed by atoms with Crippen molar-refractivity contribution < 1.29 is 13.5 Å². The number of halogens is 2. The van der Waals surface area contributed by atoms with Gasteiger partial charge in [0.2, 0.25) is 0 Å². The number of hydrogen-bond acceptors (Lipinski definition) is 2. The first-order valence-corrected chi connectivity index (χ1v) is 6.83. The minimum Gasteiger partial charge on any atom is -0.435 e. The van der Waals surface area contributed by atoms with E-state index in [0.717, 1.165) is 11.3 Å². The molecule has 0 amide bonds. The molecule has 0 saturated heterocycles. The summed E-state index contributed by atoms with van der Waals surface area (Å²) in [5.74, 6) is 0.177. The van der Waals surface area contributed by atoms with Crippen LogP contribution < -0.4 is 10.1 Å². The molecular weight excluding hydrogens is 272 g/mol. The molecule has 1 N–H and O–H groups in total. The third-order valence-corrected chi connectivity index (χ3v) is 3.19. The number of nitrogens with one attached hydrogen (secondary N) is 1. The Hall–Kier alpha value is -2.10. The molecule has 0 heterocycles. The summed E-state index contributed by atoms with van der Waals surface area (Å²) in [5.41, 5.74) is 4.27. The molecule has 2 aromatic rings. The summed E-state index contributed by atoms with van der Waals surface area (Å²) >= 11 is 0. The zero-order chi connectivity index (χ0) is 15.4. The third kappa shape index (κ3) is 4.45. The third-order valence-electron chi connectivity index (χ3n) is 3.19. The number of alkyl halides is 2. The molecule has 112 valence electrons. The van der Waals surface area contributed by atoms with Crippen LogP contribution in [0.1, 0.15) is 29.7 Å². The Balaban J connectivity index is 2.14. The Labute approximate surface area is 123 Å². The van der Waals surface area contributed by atoms with Crippen molar-refractivity contribution in [2.45, 2.75) is 33.4 Å². The summed E-state index contributed by atoms with van der Waals surface area (Å²) in [4.78, 5) is 0. The predicted octanol–water partition coefficient (Wildman–Crippen LogP) is 5.08. The molecule has 0 saturated carbocycles.